The van der Waals surface area contributed by atoms with E-state index in [1.165, 1.54) is 11.3 Å². The highest BCUT2D eigenvalue weighted by molar-refractivity contribution is 9.10. The van der Waals surface area contributed by atoms with Gasteiger partial charge in [0.05, 0.1) is 18.0 Å². The molecular formula is C20H17BrClN3O2S. The van der Waals surface area contributed by atoms with Gasteiger partial charge in [-0.05, 0) is 31.2 Å². The minimum atomic E-state index is -0.513. The fraction of sp³-hybridized carbons (Fsp3) is 0.150. The van der Waals surface area contributed by atoms with Gasteiger partial charge >= 0.3 is 0 Å². The largest absolute Gasteiger partial charge is 0.484 e. The number of ether oxygens (including phenoxy) is 1. The molecule has 2 aromatic carbocycles. The van der Waals surface area contributed by atoms with Gasteiger partial charge in [0.2, 0.25) is 0 Å². The van der Waals surface area contributed by atoms with Crippen LogP contribution in [0.25, 0.3) is 0 Å². The summed E-state index contributed by atoms with van der Waals surface area (Å²) in [6.45, 7) is 2.50. The van der Waals surface area contributed by atoms with Crippen LogP contribution < -0.4 is 20.7 Å². The van der Waals surface area contributed by atoms with Crippen LogP contribution in [0.1, 0.15) is 28.3 Å². The summed E-state index contributed by atoms with van der Waals surface area (Å²) in [7, 11) is 0. The highest BCUT2D eigenvalue weighted by atomic mass is 79.9. The molecule has 1 aromatic heterocycles. The van der Waals surface area contributed by atoms with Crippen LogP contribution in [0.15, 0.2) is 53.0 Å². The fourth-order valence-electron chi connectivity index (χ4n) is 3.14. The molecule has 0 radical (unpaired) electrons. The topological polar surface area (TPSA) is 67.6 Å². The summed E-state index contributed by atoms with van der Waals surface area (Å²) in [5.41, 5.74) is 8.52. The van der Waals surface area contributed by atoms with Gasteiger partial charge in [0.1, 0.15) is 21.7 Å². The lowest BCUT2D eigenvalue weighted by Crippen LogP contribution is -2.15. The number of nitrogens with two attached hydrogens (primary N) is 1. The smallest absolute Gasteiger partial charge is 0.262 e. The minimum Gasteiger partial charge on any atom is -0.484 e. The lowest BCUT2D eigenvalue weighted by molar-refractivity contribution is 0.0998. The van der Waals surface area contributed by atoms with Crippen molar-refractivity contribution in [1.29, 1.82) is 0 Å². The van der Waals surface area contributed by atoms with Gasteiger partial charge in [-0.15, -0.1) is 11.3 Å². The molecule has 3 aromatic rings. The molecule has 5 nitrogen and oxygen atoms in total. The zero-order chi connectivity index (χ0) is 19.8. The molecule has 144 valence electrons. The molecule has 1 amide bonds. The molecule has 0 saturated heterocycles. The van der Waals surface area contributed by atoms with E-state index in [9.17, 15) is 4.79 Å². The normalized spacial score (nSPS) is 13.8. The van der Waals surface area contributed by atoms with Gasteiger partial charge in [0, 0.05) is 21.1 Å². The van der Waals surface area contributed by atoms with Crippen LogP contribution >= 0.6 is 38.9 Å². The van der Waals surface area contributed by atoms with E-state index in [1.54, 1.807) is 0 Å². The Morgan fingerprint density at radius 3 is 2.86 bits per heavy atom. The number of rotatable bonds is 5. The van der Waals surface area contributed by atoms with Gasteiger partial charge < -0.3 is 20.7 Å². The van der Waals surface area contributed by atoms with Gasteiger partial charge in [-0.3, -0.25) is 4.79 Å². The van der Waals surface area contributed by atoms with Crippen molar-refractivity contribution < 1.29 is 9.53 Å². The Balaban J connectivity index is 1.66. The van der Waals surface area contributed by atoms with Crippen molar-refractivity contribution in [1.82, 2.24) is 0 Å². The third-order valence-electron chi connectivity index (χ3n) is 4.50. The minimum absolute atomic E-state index is 0.325. The molecule has 1 aliphatic rings. The van der Waals surface area contributed by atoms with Crippen molar-refractivity contribution in [2.45, 2.75) is 13.0 Å². The number of anilines is 3. The molecule has 4 rings (SSSR count). The van der Waals surface area contributed by atoms with E-state index >= 15 is 0 Å². The number of thiophene rings is 1. The van der Waals surface area contributed by atoms with E-state index in [0.29, 0.717) is 22.3 Å². The SMILES string of the molecule is C[C@@H](Oc1cc(N2CNc3cc(Br)ccc32)sc1C(N)=O)c1ccccc1Cl. The summed E-state index contributed by atoms with van der Waals surface area (Å²) in [4.78, 5) is 14.5. The maximum absolute atomic E-state index is 12.0. The van der Waals surface area contributed by atoms with E-state index in [2.05, 4.69) is 26.1 Å². The van der Waals surface area contributed by atoms with E-state index in [-0.39, 0.29) is 6.10 Å². The van der Waals surface area contributed by atoms with Crippen molar-refractivity contribution in [2.24, 2.45) is 5.73 Å². The Hall–Kier alpha value is -2.22. The molecule has 0 bridgehead atoms. The summed E-state index contributed by atoms with van der Waals surface area (Å²) in [5, 5.41) is 4.85. The maximum Gasteiger partial charge on any atom is 0.262 e. The average molecular weight is 479 g/mol. The van der Waals surface area contributed by atoms with Crippen LogP contribution in [0.4, 0.5) is 16.4 Å². The average Bonchev–Trinajstić information content (AvgIpc) is 3.25. The fourth-order valence-corrected chi connectivity index (χ4v) is 4.75. The van der Waals surface area contributed by atoms with Gasteiger partial charge in [-0.25, -0.2) is 0 Å². The molecule has 0 aliphatic carbocycles. The third kappa shape index (κ3) is 3.57. The second-order valence-corrected chi connectivity index (χ2v) is 8.70. The molecule has 0 unspecified atom stereocenters. The van der Waals surface area contributed by atoms with Crippen LogP contribution in [0.2, 0.25) is 5.02 Å². The molecule has 3 N–H and O–H groups in total. The Bertz CT molecular complexity index is 1060. The molecule has 2 heterocycles. The first kappa shape index (κ1) is 19.1. The molecule has 0 spiro atoms. The predicted molar refractivity (Wildman–Crippen MR) is 118 cm³/mol. The number of nitrogens with zero attached hydrogens (tertiary/aromatic N) is 1. The van der Waals surface area contributed by atoms with Gasteiger partial charge in [0.15, 0.2) is 0 Å². The highest BCUT2D eigenvalue weighted by Crippen LogP contribution is 2.45. The lowest BCUT2D eigenvalue weighted by Gasteiger charge is -2.16. The van der Waals surface area contributed by atoms with Crippen molar-refractivity contribution in [3.8, 4) is 5.75 Å². The van der Waals surface area contributed by atoms with Crippen LogP contribution in [-0.4, -0.2) is 12.6 Å². The van der Waals surface area contributed by atoms with E-state index in [4.69, 9.17) is 22.1 Å². The van der Waals surface area contributed by atoms with Crippen LogP contribution in [-0.2, 0) is 0 Å². The Morgan fingerprint density at radius 1 is 1.32 bits per heavy atom. The van der Waals surface area contributed by atoms with Crippen LogP contribution in [0, 0.1) is 0 Å². The van der Waals surface area contributed by atoms with E-state index < -0.39 is 5.91 Å². The first-order valence-corrected chi connectivity index (χ1v) is 10.6. The number of hydrogen-bond acceptors (Lipinski definition) is 5. The highest BCUT2D eigenvalue weighted by Gasteiger charge is 2.26. The number of benzene rings is 2. The molecule has 0 saturated carbocycles. The second-order valence-electron chi connectivity index (χ2n) is 6.35. The van der Waals surface area contributed by atoms with Gasteiger partial charge in [0.25, 0.3) is 5.91 Å². The number of hydrogen-bond donors (Lipinski definition) is 2. The monoisotopic (exact) mass is 477 g/mol. The number of primary amides is 1. The summed E-state index contributed by atoms with van der Waals surface area (Å²) < 4.78 is 7.09. The van der Waals surface area contributed by atoms with Crippen LogP contribution in [0.5, 0.6) is 5.75 Å². The number of nitrogens with one attached hydrogen (secondary N) is 1. The summed E-state index contributed by atoms with van der Waals surface area (Å²) in [6, 6.07) is 15.4. The molecule has 8 heteroatoms. The van der Waals surface area contributed by atoms with Gasteiger partial charge in [-0.1, -0.05) is 45.7 Å². The lowest BCUT2D eigenvalue weighted by atomic mass is 10.1. The molecule has 0 fully saturated rings. The Morgan fingerprint density at radius 2 is 2.11 bits per heavy atom. The predicted octanol–water partition coefficient (Wildman–Crippen LogP) is 5.92. The standard InChI is InChI=1S/C20H17BrClN3O2S/c1-11(13-4-2-3-5-14(13)22)27-17-9-18(28-19(17)20(23)26)25-10-24-15-8-12(21)6-7-16(15)25/h2-9,11,24H,10H2,1H3,(H2,23,26)/t11-/m1/s1. The zero-order valence-corrected chi connectivity index (χ0v) is 18.1. The number of fused-ring (bicyclic) bond motifs is 1. The van der Waals surface area contributed by atoms with Crippen molar-refractivity contribution >= 4 is 61.2 Å². The van der Waals surface area contributed by atoms with Crippen molar-refractivity contribution in [3.63, 3.8) is 0 Å². The Labute approximate surface area is 180 Å². The van der Waals surface area contributed by atoms with E-state index in [1.807, 2.05) is 55.5 Å². The molecule has 28 heavy (non-hydrogen) atoms. The van der Waals surface area contributed by atoms with Crippen molar-refractivity contribution in [3.05, 3.63) is 68.5 Å². The van der Waals surface area contributed by atoms with Gasteiger partial charge in [-0.2, -0.15) is 0 Å². The summed E-state index contributed by atoms with van der Waals surface area (Å²) >= 11 is 11.1. The molecular weight excluding hydrogens is 462 g/mol. The number of amides is 1. The number of carbonyl (C=O) groups excluding carboxylic acids is 1. The number of carbonyl (C=O) groups is 1. The second kappa shape index (κ2) is 7.66. The summed E-state index contributed by atoms with van der Waals surface area (Å²) in [6.07, 6.45) is -0.325. The quantitative estimate of drug-likeness (QED) is 0.477. The number of halogens is 2. The summed E-state index contributed by atoms with van der Waals surface area (Å²) in [5.74, 6) is -0.0497. The first-order chi connectivity index (χ1) is 13.4. The maximum atomic E-state index is 12.0. The van der Waals surface area contributed by atoms with E-state index in [0.717, 1.165) is 26.4 Å². The van der Waals surface area contributed by atoms with Crippen molar-refractivity contribution in [2.75, 3.05) is 16.9 Å². The van der Waals surface area contributed by atoms with Crippen LogP contribution in [0.3, 0.4) is 0 Å². The third-order valence-corrected chi connectivity index (χ3v) is 6.49. The first-order valence-electron chi connectivity index (χ1n) is 8.59. The molecule has 1 atom stereocenters. The molecule has 1 aliphatic heterocycles. The Kier molecular flexibility index (Phi) is 5.23. The zero-order valence-electron chi connectivity index (χ0n) is 14.9.